The van der Waals surface area contributed by atoms with Crippen LogP contribution in [0.2, 0.25) is 0 Å². The second kappa shape index (κ2) is 5.48. The van der Waals surface area contributed by atoms with Crippen LogP contribution in [-0.2, 0) is 0 Å². The zero-order valence-corrected chi connectivity index (χ0v) is 12.6. The molecule has 1 aromatic carbocycles. The average molecular weight is 296 g/mol. The Bertz CT molecular complexity index is 785. The number of amides is 1. The molecular weight excluding hydrogens is 280 g/mol. The van der Waals surface area contributed by atoms with Crippen molar-refractivity contribution in [1.29, 1.82) is 0 Å². The molecule has 0 fully saturated rings. The molecule has 112 valence electrons. The number of para-hydroxylation sites is 1. The summed E-state index contributed by atoms with van der Waals surface area (Å²) in [5, 5.41) is 8.22. The van der Waals surface area contributed by atoms with Crippen LogP contribution in [0.15, 0.2) is 47.1 Å². The molecule has 1 amide bonds. The van der Waals surface area contributed by atoms with Crippen molar-refractivity contribution in [3.8, 4) is 5.69 Å². The summed E-state index contributed by atoms with van der Waals surface area (Å²) in [7, 11) is 1.69. The lowest BCUT2D eigenvalue weighted by Crippen LogP contribution is -2.27. The van der Waals surface area contributed by atoms with Crippen LogP contribution < -0.4 is 4.90 Å². The Balaban J connectivity index is 1.89. The van der Waals surface area contributed by atoms with E-state index in [4.69, 9.17) is 4.52 Å². The van der Waals surface area contributed by atoms with Gasteiger partial charge in [-0.15, -0.1) is 0 Å². The number of aryl methyl sites for hydroxylation is 2. The molecule has 0 aliphatic heterocycles. The Hall–Kier alpha value is -2.89. The number of aromatic nitrogens is 3. The van der Waals surface area contributed by atoms with Gasteiger partial charge in [0.05, 0.1) is 5.69 Å². The molecule has 0 aliphatic rings. The normalized spacial score (nSPS) is 10.7. The second-order valence-corrected chi connectivity index (χ2v) is 5.02. The Morgan fingerprint density at radius 2 is 1.91 bits per heavy atom. The topological polar surface area (TPSA) is 64.2 Å². The number of carbonyl (C=O) groups excluding carboxylic acids is 1. The maximum absolute atomic E-state index is 12.6. The predicted octanol–water partition coefficient (Wildman–Crippen LogP) is 2.75. The van der Waals surface area contributed by atoms with Crippen LogP contribution in [0, 0.1) is 13.8 Å². The second-order valence-electron chi connectivity index (χ2n) is 5.02. The van der Waals surface area contributed by atoms with Crippen LogP contribution in [0.1, 0.15) is 21.9 Å². The third-order valence-corrected chi connectivity index (χ3v) is 3.46. The van der Waals surface area contributed by atoms with Crippen molar-refractivity contribution < 1.29 is 9.32 Å². The summed E-state index contributed by atoms with van der Waals surface area (Å²) in [5.74, 6) is 0.403. The molecular formula is C16H16N4O2. The summed E-state index contributed by atoms with van der Waals surface area (Å²) in [4.78, 5) is 14.1. The van der Waals surface area contributed by atoms with Crippen molar-refractivity contribution in [1.82, 2.24) is 14.9 Å². The average Bonchev–Trinajstić information content (AvgIpc) is 3.14. The van der Waals surface area contributed by atoms with Crippen molar-refractivity contribution in [3.63, 3.8) is 0 Å². The molecule has 0 saturated heterocycles. The zero-order chi connectivity index (χ0) is 15.7. The van der Waals surface area contributed by atoms with Gasteiger partial charge >= 0.3 is 0 Å². The fraction of sp³-hybridized carbons (Fsp3) is 0.188. The van der Waals surface area contributed by atoms with E-state index in [9.17, 15) is 4.79 Å². The molecule has 0 unspecified atom stereocenters. The van der Waals surface area contributed by atoms with E-state index in [2.05, 4.69) is 10.3 Å². The number of anilines is 1. The van der Waals surface area contributed by atoms with Gasteiger partial charge in [0.1, 0.15) is 11.4 Å². The van der Waals surface area contributed by atoms with E-state index in [1.54, 1.807) is 37.8 Å². The number of hydrogen-bond acceptors (Lipinski definition) is 4. The van der Waals surface area contributed by atoms with Crippen molar-refractivity contribution in [2.75, 3.05) is 11.9 Å². The van der Waals surface area contributed by atoms with E-state index in [1.165, 1.54) is 4.90 Å². The van der Waals surface area contributed by atoms with Crippen molar-refractivity contribution in [3.05, 3.63) is 59.7 Å². The highest BCUT2D eigenvalue weighted by Crippen LogP contribution is 2.24. The number of hydrogen-bond donors (Lipinski definition) is 0. The highest BCUT2D eigenvalue weighted by atomic mass is 16.5. The van der Waals surface area contributed by atoms with Gasteiger partial charge in [-0.25, -0.2) is 4.68 Å². The first-order chi connectivity index (χ1) is 10.6. The first-order valence-electron chi connectivity index (χ1n) is 6.90. The van der Waals surface area contributed by atoms with E-state index in [0.29, 0.717) is 22.8 Å². The highest BCUT2D eigenvalue weighted by molar-refractivity contribution is 6.04. The predicted molar refractivity (Wildman–Crippen MR) is 82.3 cm³/mol. The summed E-state index contributed by atoms with van der Waals surface area (Å²) in [6.07, 6.45) is 1.77. The fourth-order valence-corrected chi connectivity index (χ4v) is 2.39. The SMILES string of the molecule is Cc1noc(C)c1N(C)C(=O)c1ccn(-c2ccccc2)n1. The quantitative estimate of drug-likeness (QED) is 0.745. The van der Waals surface area contributed by atoms with Crippen molar-refractivity contribution in [2.24, 2.45) is 0 Å². The molecule has 0 saturated carbocycles. The van der Waals surface area contributed by atoms with Crippen LogP contribution in [0.4, 0.5) is 5.69 Å². The maximum atomic E-state index is 12.6. The summed E-state index contributed by atoms with van der Waals surface area (Å²) in [6, 6.07) is 11.3. The van der Waals surface area contributed by atoms with Gasteiger partial charge in [-0.05, 0) is 32.0 Å². The van der Waals surface area contributed by atoms with Gasteiger partial charge in [0.25, 0.3) is 5.91 Å². The zero-order valence-electron chi connectivity index (χ0n) is 12.6. The smallest absolute Gasteiger partial charge is 0.278 e. The molecule has 0 bridgehead atoms. The molecule has 0 radical (unpaired) electrons. The van der Waals surface area contributed by atoms with Crippen LogP contribution in [-0.4, -0.2) is 27.9 Å². The van der Waals surface area contributed by atoms with Gasteiger partial charge in [-0.1, -0.05) is 23.4 Å². The Kier molecular flexibility index (Phi) is 3.50. The molecule has 6 heteroatoms. The fourth-order valence-electron chi connectivity index (χ4n) is 2.39. The molecule has 3 rings (SSSR count). The Morgan fingerprint density at radius 1 is 1.18 bits per heavy atom. The maximum Gasteiger partial charge on any atom is 0.278 e. The number of carbonyl (C=O) groups is 1. The number of nitrogens with zero attached hydrogens (tertiary/aromatic N) is 4. The molecule has 3 aromatic rings. The minimum atomic E-state index is -0.205. The summed E-state index contributed by atoms with van der Waals surface area (Å²) < 4.78 is 6.78. The third kappa shape index (κ3) is 2.39. The summed E-state index contributed by atoms with van der Waals surface area (Å²) in [5.41, 5.74) is 2.63. The standard InChI is InChI=1S/C16H16N4O2/c1-11-15(12(2)22-18-11)19(3)16(21)14-9-10-20(17-14)13-7-5-4-6-8-13/h4-10H,1-3H3. The van der Waals surface area contributed by atoms with Crippen LogP contribution >= 0.6 is 0 Å². The Morgan fingerprint density at radius 3 is 2.55 bits per heavy atom. The van der Waals surface area contributed by atoms with Gasteiger partial charge in [0.2, 0.25) is 0 Å². The minimum absolute atomic E-state index is 0.205. The third-order valence-electron chi connectivity index (χ3n) is 3.46. The van der Waals surface area contributed by atoms with E-state index in [1.807, 2.05) is 30.3 Å². The van der Waals surface area contributed by atoms with Crippen molar-refractivity contribution in [2.45, 2.75) is 13.8 Å². The van der Waals surface area contributed by atoms with E-state index >= 15 is 0 Å². The lowest BCUT2D eigenvalue weighted by molar-refractivity contribution is 0.0987. The van der Waals surface area contributed by atoms with E-state index < -0.39 is 0 Å². The van der Waals surface area contributed by atoms with E-state index in [0.717, 1.165) is 5.69 Å². The molecule has 0 N–H and O–H groups in total. The first-order valence-corrected chi connectivity index (χ1v) is 6.90. The summed E-state index contributed by atoms with van der Waals surface area (Å²) in [6.45, 7) is 3.58. The van der Waals surface area contributed by atoms with E-state index in [-0.39, 0.29) is 5.91 Å². The lowest BCUT2D eigenvalue weighted by atomic mass is 10.2. The van der Waals surface area contributed by atoms with Crippen molar-refractivity contribution >= 4 is 11.6 Å². The lowest BCUT2D eigenvalue weighted by Gasteiger charge is -2.15. The number of rotatable bonds is 3. The first kappa shape index (κ1) is 14.1. The van der Waals surface area contributed by atoms with Gasteiger partial charge in [0.15, 0.2) is 11.5 Å². The molecule has 0 spiro atoms. The molecule has 2 aromatic heterocycles. The largest absolute Gasteiger partial charge is 0.359 e. The molecule has 0 atom stereocenters. The van der Waals surface area contributed by atoms with Crippen LogP contribution in [0.25, 0.3) is 5.69 Å². The molecule has 22 heavy (non-hydrogen) atoms. The van der Waals surface area contributed by atoms with Gasteiger partial charge in [0, 0.05) is 13.2 Å². The summed E-state index contributed by atoms with van der Waals surface area (Å²) >= 11 is 0. The van der Waals surface area contributed by atoms with Crippen LogP contribution in [0.5, 0.6) is 0 Å². The minimum Gasteiger partial charge on any atom is -0.359 e. The molecule has 6 nitrogen and oxygen atoms in total. The van der Waals surface area contributed by atoms with Crippen LogP contribution in [0.3, 0.4) is 0 Å². The van der Waals surface area contributed by atoms with Gasteiger partial charge in [-0.2, -0.15) is 5.10 Å². The van der Waals surface area contributed by atoms with Gasteiger partial charge in [-0.3, -0.25) is 4.79 Å². The monoisotopic (exact) mass is 296 g/mol. The molecule has 2 heterocycles. The molecule has 0 aliphatic carbocycles. The van der Waals surface area contributed by atoms with Gasteiger partial charge < -0.3 is 9.42 Å². The highest BCUT2D eigenvalue weighted by Gasteiger charge is 2.22. The Labute approximate surface area is 127 Å². The number of benzene rings is 1.